The topological polar surface area (TPSA) is 89.4 Å². The van der Waals surface area contributed by atoms with Gasteiger partial charge >= 0.3 is 6.09 Å². The maximum atomic E-state index is 14.2. The summed E-state index contributed by atoms with van der Waals surface area (Å²) in [5, 5.41) is 6.30. The van der Waals surface area contributed by atoms with Crippen molar-refractivity contribution in [3.05, 3.63) is 36.7 Å². The van der Waals surface area contributed by atoms with Crippen molar-refractivity contribution < 1.29 is 18.7 Å². The van der Waals surface area contributed by atoms with E-state index in [1.807, 2.05) is 0 Å². The zero-order valence-electron chi connectivity index (χ0n) is 11.3. The van der Waals surface area contributed by atoms with E-state index in [0.717, 1.165) is 0 Å². The molecule has 2 aromatic rings. The van der Waals surface area contributed by atoms with E-state index in [-0.39, 0.29) is 18.8 Å². The fourth-order valence-corrected chi connectivity index (χ4v) is 2.20. The molecule has 1 fully saturated rings. The van der Waals surface area contributed by atoms with Crippen molar-refractivity contribution in [3.63, 3.8) is 0 Å². The second-order valence-corrected chi connectivity index (χ2v) is 4.62. The Morgan fingerprint density at radius 1 is 1.50 bits per heavy atom. The van der Waals surface area contributed by atoms with Crippen LogP contribution in [0.4, 0.5) is 14.9 Å². The first-order valence-electron chi connectivity index (χ1n) is 6.49. The van der Waals surface area contributed by atoms with Gasteiger partial charge in [-0.3, -0.25) is 9.69 Å². The number of amides is 2. The van der Waals surface area contributed by atoms with Crippen LogP contribution in [0.25, 0.3) is 5.69 Å². The number of carbonyl (C=O) groups excluding carboxylic acids is 2. The number of rotatable bonds is 5. The molecule has 1 aliphatic heterocycles. The molecule has 0 bridgehead atoms. The normalized spacial score (nSPS) is 17.4. The summed E-state index contributed by atoms with van der Waals surface area (Å²) in [7, 11) is 0. The van der Waals surface area contributed by atoms with Gasteiger partial charge in [-0.15, -0.1) is 0 Å². The largest absolute Gasteiger partial charge is 0.442 e. The van der Waals surface area contributed by atoms with Crippen molar-refractivity contribution in [1.82, 2.24) is 20.1 Å². The number of carbonyl (C=O) groups is 2. The van der Waals surface area contributed by atoms with Crippen LogP contribution >= 0.6 is 0 Å². The molecule has 114 valence electrons. The summed E-state index contributed by atoms with van der Waals surface area (Å²) >= 11 is 0. The lowest BCUT2D eigenvalue weighted by atomic mass is 10.2. The van der Waals surface area contributed by atoms with E-state index >= 15 is 0 Å². The van der Waals surface area contributed by atoms with Crippen LogP contribution in [-0.4, -0.2) is 46.5 Å². The third kappa shape index (κ3) is 2.60. The SMILES string of the molecule is O=CNC[C@H]1CN(c2ccc(-n3cncn3)c(F)c2)C(=O)O1. The average Bonchev–Trinajstić information content (AvgIpc) is 3.14. The molecule has 1 N–H and O–H groups in total. The number of hydrogen-bond acceptors (Lipinski definition) is 5. The first-order chi connectivity index (χ1) is 10.7. The van der Waals surface area contributed by atoms with Crippen LogP contribution in [0.5, 0.6) is 0 Å². The highest BCUT2D eigenvalue weighted by Gasteiger charge is 2.32. The Balaban J connectivity index is 1.79. The molecule has 1 saturated heterocycles. The quantitative estimate of drug-likeness (QED) is 0.811. The van der Waals surface area contributed by atoms with Crippen LogP contribution in [0, 0.1) is 5.82 Å². The lowest BCUT2D eigenvalue weighted by Crippen LogP contribution is -2.30. The number of cyclic esters (lactones) is 1. The molecule has 9 heteroatoms. The summed E-state index contributed by atoms with van der Waals surface area (Å²) in [5.74, 6) is -0.537. The molecule has 2 amide bonds. The summed E-state index contributed by atoms with van der Waals surface area (Å²) in [6.07, 6.45) is 2.17. The van der Waals surface area contributed by atoms with E-state index in [1.54, 1.807) is 6.07 Å². The van der Waals surface area contributed by atoms with E-state index in [1.165, 1.54) is 34.4 Å². The van der Waals surface area contributed by atoms with Gasteiger partial charge in [0.1, 0.15) is 24.4 Å². The van der Waals surface area contributed by atoms with Gasteiger partial charge < -0.3 is 10.1 Å². The van der Waals surface area contributed by atoms with E-state index in [4.69, 9.17) is 4.74 Å². The first kappa shape index (κ1) is 14.0. The van der Waals surface area contributed by atoms with Gasteiger partial charge in [-0.2, -0.15) is 5.10 Å². The molecule has 22 heavy (non-hydrogen) atoms. The minimum absolute atomic E-state index is 0.214. The molecule has 2 heterocycles. The molecule has 1 aromatic carbocycles. The van der Waals surface area contributed by atoms with Gasteiger partial charge in [0.05, 0.1) is 18.8 Å². The lowest BCUT2D eigenvalue weighted by Gasteiger charge is -2.14. The number of ether oxygens (including phenoxy) is 1. The Morgan fingerprint density at radius 3 is 3.05 bits per heavy atom. The van der Waals surface area contributed by atoms with Gasteiger partial charge in [-0.25, -0.2) is 18.9 Å². The van der Waals surface area contributed by atoms with E-state index in [0.29, 0.717) is 12.1 Å². The second-order valence-electron chi connectivity index (χ2n) is 4.62. The van der Waals surface area contributed by atoms with E-state index in [9.17, 15) is 14.0 Å². The van der Waals surface area contributed by atoms with Gasteiger partial charge in [-0.1, -0.05) is 0 Å². The maximum Gasteiger partial charge on any atom is 0.414 e. The highest BCUT2D eigenvalue weighted by Crippen LogP contribution is 2.25. The number of nitrogens with zero attached hydrogens (tertiary/aromatic N) is 4. The van der Waals surface area contributed by atoms with Crippen molar-refractivity contribution in [3.8, 4) is 5.69 Å². The molecule has 1 aromatic heterocycles. The summed E-state index contributed by atoms with van der Waals surface area (Å²) < 4.78 is 20.5. The minimum Gasteiger partial charge on any atom is -0.442 e. The molecular formula is C13H12FN5O3. The van der Waals surface area contributed by atoms with E-state index in [2.05, 4.69) is 15.4 Å². The number of benzene rings is 1. The smallest absolute Gasteiger partial charge is 0.414 e. The van der Waals surface area contributed by atoms with Crippen LogP contribution in [-0.2, 0) is 9.53 Å². The monoisotopic (exact) mass is 305 g/mol. The van der Waals surface area contributed by atoms with Gasteiger partial charge in [0.2, 0.25) is 6.41 Å². The summed E-state index contributed by atoms with van der Waals surface area (Å²) in [4.78, 5) is 27.1. The minimum atomic E-state index is -0.578. The van der Waals surface area contributed by atoms with E-state index < -0.39 is 18.0 Å². The fourth-order valence-electron chi connectivity index (χ4n) is 2.20. The van der Waals surface area contributed by atoms with Crippen LogP contribution in [0.2, 0.25) is 0 Å². The van der Waals surface area contributed by atoms with Crippen molar-refractivity contribution >= 4 is 18.2 Å². The molecule has 3 rings (SSSR count). The summed E-state index contributed by atoms with van der Waals surface area (Å²) in [6.45, 7) is 0.451. The molecule has 1 atom stereocenters. The number of nitrogens with one attached hydrogen (secondary N) is 1. The molecule has 8 nitrogen and oxygen atoms in total. The van der Waals surface area contributed by atoms with Gasteiger partial charge in [0.15, 0.2) is 5.82 Å². The summed E-state index contributed by atoms with van der Waals surface area (Å²) in [6, 6.07) is 4.33. The zero-order valence-corrected chi connectivity index (χ0v) is 11.3. The van der Waals surface area contributed by atoms with Crippen molar-refractivity contribution in [1.29, 1.82) is 0 Å². The average molecular weight is 305 g/mol. The first-order valence-corrected chi connectivity index (χ1v) is 6.49. The second kappa shape index (κ2) is 5.80. The fraction of sp³-hybridized carbons (Fsp3) is 0.231. The molecule has 1 aliphatic rings. The Bertz CT molecular complexity index is 691. The third-order valence-corrected chi connectivity index (χ3v) is 3.21. The van der Waals surface area contributed by atoms with Crippen LogP contribution in [0.1, 0.15) is 0 Å². The number of aromatic nitrogens is 3. The Kier molecular flexibility index (Phi) is 3.69. The predicted octanol–water partition coefficient (Wildman–Crippen LogP) is 0.478. The van der Waals surface area contributed by atoms with Crippen LogP contribution in [0.3, 0.4) is 0 Å². The maximum absolute atomic E-state index is 14.2. The van der Waals surface area contributed by atoms with Gasteiger partial charge in [0, 0.05) is 0 Å². The van der Waals surface area contributed by atoms with Crippen molar-refractivity contribution in [2.24, 2.45) is 0 Å². The Labute approximate surface area is 124 Å². The van der Waals surface area contributed by atoms with Gasteiger partial charge in [-0.05, 0) is 18.2 Å². The molecule has 0 spiro atoms. The molecule has 0 radical (unpaired) electrons. The molecule has 0 saturated carbocycles. The number of anilines is 1. The Hall–Kier alpha value is -2.97. The van der Waals surface area contributed by atoms with Crippen LogP contribution < -0.4 is 10.2 Å². The van der Waals surface area contributed by atoms with Gasteiger partial charge in [0.25, 0.3) is 0 Å². The molecule has 0 unspecified atom stereocenters. The standard InChI is InChI=1S/C13H12FN5O3/c14-11-3-9(1-2-12(11)19-7-16-6-17-19)18-5-10(4-15-8-20)22-13(18)21/h1-3,6-8,10H,4-5H2,(H,15,20)/t10-/m0/s1. The number of hydrogen-bond donors (Lipinski definition) is 1. The molecular weight excluding hydrogens is 293 g/mol. The number of halogens is 1. The Morgan fingerprint density at radius 2 is 2.36 bits per heavy atom. The highest BCUT2D eigenvalue weighted by molar-refractivity contribution is 5.89. The lowest BCUT2D eigenvalue weighted by molar-refractivity contribution is -0.109. The third-order valence-electron chi connectivity index (χ3n) is 3.21. The van der Waals surface area contributed by atoms with Crippen LogP contribution in [0.15, 0.2) is 30.9 Å². The highest BCUT2D eigenvalue weighted by atomic mass is 19.1. The zero-order chi connectivity index (χ0) is 15.5. The predicted molar refractivity (Wildman–Crippen MR) is 73.0 cm³/mol. The van der Waals surface area contributed by atoms with Crippen molar-refractivity contribution in [2.45, 2.75) is 6.10 Å². The summed E-state index contributed by atoms with van der Waals surface area (Å²) in [5.41, 5.74) is 0.605. The molecule has 0 aliphatic carbocycles. The van der Waals surface area contributed by atoms with Crippen molar-refractivity contribution in [2.75, 3.05) is 18.0 Å².